The predicted molar refractivity (Wildman–Crippen MR) is 122 cm³/mol. The van der Waals surface area contributed by atoms with Gasteiger partial charge in [0.2, 0.25) is 0 Å². The second kappa shape index (κ2) is 12.6. The van der Waals surface area contributed by atoms with Crippen LogP contribution in [0.1, 0.15) is 84.1 Å². The summed E-state index contributed by atoms with van der Waals surface area (Å²) in [6, 6.07) is 8.32. The second-order valence-electron chi connectivity index (χ2n) is 8.49. The van der Waals surface area contributed by atoms with Crippen molar-refractivity contribution in [2.45, 2.75) is 84.6 Å². The molecule has 2 rings (SSSR count). The summed E-state index contributed by atoms with van der Waals surface area (Å²) in [6.45, 7) is 6.12. The standard InChI is InChI=1S/C24H36O7Si/c1-5-7-21-8-10-22(11-9-21)23-12-14-24(15-13-23)28-16-6-17-32(29-18(2)25,30-19(3)26)31-20(4)27/h12-15,21-22H,5-11,16-17H2,1-4H3/t21-,22-. The van der Waals surface area contributed by atoms with E-state index in [-0.39, 0.29) is 6.04 Å². The van der Waals surface area contributed by atoms with Gasteiger partial charge in [-0.15, -0.1) is 0 Å². The molecule has 0 atom stereocenters. The van der Waals surface area contributed by atoms with Crippen molar-refractivity contribution in [1.29, 1.82) is 0 Å². The first-order valence-electron chi connectivity index (χ1n) is 11.5. The molecule has 0 radical (unpaired) electrons. The van der Waals surface area contributed by atoms with Crippen molar-refractivity contribution in [3.63, 3.8) is 0 Å². The smallest absolute Gasteiger partial charge is 0.494 e. The third kappa shape index (κ3) is 8.65. The highest BCUT2D eigenvalue weighted by molar-refractivity contribution is 6.65. The number of benzene rings is 1. The Morgan fingerprint density at radius 1 is 0.875 bits per heavy atom. The van der Waals surface area contributed by atoms with Gasteiger partial charge in [-0.2, -0.15) is 0 Å². The lowest BCUT2D eigenvalue weighted by Crippen LogP contribution is -2.49. The molecule has 0 N–H and O–H groups in total. The summed E-state index contributed by atoms with van der Waals surface area (Å²) in [4.78, 5) is 34.5. The SMILES string of the molecule is CCC[C@H]1CC[C@H](c2ccc(OCCC[Si](OC(C)=O)(OC(C)=O)OC(C)=O)cc2)CC1. The summed E-state index contributed by atoms with van der Waals surface area (Å²) < 4.78 is 21.3. The van der Waals surface area contributed by atoms with Crippen molar-refractivity contribution in [2.75, 3.05) is 6.61 Å². The van der Waals surface area contributed by atoms with Crippen molar-refractivity contribution in [1.82, 2.24) is 0 Å². The lowest BCUT2D eigenvalue weighted by molar-refractivity contribution is -0.147. The van der Waals surface area contributed by atoms with Gasteiger partial charge in [-0.3, -0.25) is 14.4 Å². The van der Waals surface area contributed by atoms with Crippen molar-refractivity contribution in [3.8, 4) is 5.75 Å². The molecule has 1 saturated carbocycles. The Hall–Kier alpha value is -2.35. The minimum absolute atomic E-state index is 0.102. The van der Waals surface area contributed by atoms with Gasteiger partial charge in [-0.1, -0.05) is 31.9 Å². The van der Waals surface area contributed by atoms with Crippen molar-refractivity contribution in [3.05, 3.63) is 29.8 Å². The largest absolute Gasteiger partial charge is 0.705 e. The third-order valence-corrected chi connectivity index (χ3v) is 8.45. The second-order valence-corrected chi connectivity index (χ2v) is 11.0. The van der Waals surface area contributed by atoms with Gasteiger partial charge in [0.25, 0.3) is 17.9 Å². The maximum absolute atomic E-state index is 11.5. The van der Waals surface area contributed by atoms with Crippen molar-refractivity contribution in [2.24, 2.45) is 5.92 Å². The Balaban J connectivity index is 1.86. The molecule has 1 aromatic rings. The van der Waals surface area contributed by atoms with Gasteiger partial charge < -0.3 is 18.0 Å². The molecule has 0 amide bonds. The lowest BCUT2D eigenvalue weighted by Gasteiger charge is -2.28. The van der Waals surface area contributed by atoms with E-state index in [0.717, 1.165) is 11.7 Å². The van der Waals surface area contributed by atoms with Crippen LogP contribution in [0.15, 0.2) is 24.3 Å². The average molecular weight is 465 g/mol. The van der Waals surface area contributed by atoms with Crippen LogP contribution < -0.4 is 4.74 Å². The lowest BCUT2D eigenvalue weighted by atomic mass is 9.77. The van der Waals surface area contributed by atoms with E-state index in [0.29, 0.717) is 18.9 Å². The Morgan fingerprint density at radius 2 is 1.41 bits per heavy atom. The summed E-state index contributed by atoms with van der Waals surface area (Å²) in [6.07, 6.45) is 8.14. The molecule has 1 aliphatic carbocycles. The average Bonchev–Trinajstić information content (AvgIpc) is 2.71. The van der Waals surface area contributed by atoms with Crippen LogP contribution in [0.4, 0.5) is 0 Å². The van der Waals surface area contributed by atoms with Crippen molar-refractivity contribution >= 4 is 26.7 Å². The molecule has 32 heavy (non-hydrogen) atoms. The first-order chi connectivity index (χ1) is 15.2. The van der Waals surface area contributed by atoms with Crippen LogP contribution in [0.25, 0.3) is 0 Å². The number of rotatable bonds is 11. The normalized spacial score (nSPS) is 18.5. The molecule has 0 aromatic heterocycles. The van der Waals surface area contributed by atoms with Crippen LogP contribution in [-0.2, 0) is 27.7 Å². The Kier molecular flexibility index (Phi) is 10.2. The molecule has 0 aliphatic heterocycles. The number of carbonyl (C=O) groups excluding carboxylic acids is 3. The zero-order valence-electron chi connectivity index (χ0n) is 19.7. The fourth-order valence-electron chi connectivity index (χ4n) is 4.38. The van der Waals surface area contributed by atoms with Gasteiger partial charge >= 0.3 is 8.80 Å². The monoisotopic (exact) mass is 464 g/mol. The molecule has 1 fully saturated rings. The first kappa shape index (κ1) is 25.9. The van der Waals surface area contributed by atoms with Gasteiger partial charge in [0.05, 0.1) is 12.7 Å². The molecular weight excluding hydrogens is 428 g/mol. The van der Waals surface area contributed by atoms with E-state index in [1.54, 1.807) is 0 Å². The molecule has 178 valence electrons. The molecule has 0 unspecified atom stereocenters. The first-order valence-corrected chi connectivity index (χ1v) is 13.5. The van der Waals surface area contributed by atoms with E-state index in [4.69, 9.17) is 18.0 Å². The minimum atomic E-state index is -3.79. The van der Waals surface area contributed by atoms with Crippen LogP contribution in [-0.4, -0.2) is 33.3 Å². The van der Waals surface area contributed by atoms with Crippen LogP contribution in [0.5, 0.6) is 5.75 Å². The van der Waals surface area contributed by atoms with Crippen molar-refractivity contribution < 1.29 is 32.4 Å². The number of hydrogen-bond acceptors (Lipinski definition) is 7. The fourth-order valence-corrected chi connectivity index (χ4v) is 6.70. The quantitative estimate of drug-likeness (QED) is 0.330. The topological polar surface area (TPSA) is 88.1 Å². The van der Waals surface area contributed by atoms with Gasteiger partial charge in [-0.25, -0.2) is 0 Å². The van der Waals surface area contributed by atoms with Gasteiger partial charge in [0.1, 0.15) is 5.75 Å². The summed E-state index contributed by atoms with van der Waals surface area (Å²) in [5, 5.41) is 0. The molecule has 0 heterocycles. The highest BCUT2D eigenvalue weighted by Gasteiger charge is 2.51. The van der Waals surface area contributed by atoms with E-state index in [9.17, 15) is 14.4 Å². The molecular formula is C24H36O7Si. The third-order valence-electron chi connectivity index (χ3n) is 5.69. The highest BCUT2D eigenvalue weighted by atomic mass is 28.4. The number of ether oxygens (including phenoxy) is 1. The van der Waals surface area contributed by atoms with Gasteiger partial charge in [0.15, 0.2) is 0 Å². The molecule has 0 bridgehead atoms. The molecule has 1 aliphatic rings. The molecule has 0 saturated heterocycles. The minimum Gasteiger partial charge on any atom is -0.494 e. The summed E-state index contributed by atoms with van der Waals surface area (Å²) in [5.74, 6) is 0.256. The number of carbonyl (C=O) groups is 3. The zero-order chi connectivity index (χ0) is 23.6. The number of hydrogen-bond donors (Lipinski definition) is 0. The fraction of sp³-hybridized carbons (Fsp3) is 0.625. The predicted octanol–water partition coefficient (Wildman–Crippen LogP) is 5.16. The van der Waals surface area contributed by atoms with Crippen LogP contribution >= 0.6 is 0 Å². The van der Waals surface area contributed by atoms with Gasteiger partial charge in [0, 0.05) is 20.8 Å². The summed E-state index contributed by atoms with van der Waals surface area (Å²) in [7, 11) is -3.79. The van der Waals surface area contributed by atoms with Crippen LogP contribution in [0.2, 0.25) is 6.04 Å². The van der Waals surface area contributed by atoms with E-state index in [2.05, 4.69) is 19.1 Å². The highest BCUT2D eigenvalue weighted by Crippen LogP contribution is 2.37. The van der Waals surface area contributed by atoms with E-state index in [1.807, 2.05) is 12.1 Å². The van der Waals surface area contributed by atoms with Crippen LogP contribution in [0.3, 0.4) is 0 Å². The van der Waals surface area contributed by atoms with E-state index < -0.39 is 26.7 Å². The Bertz CT molecular complexity index is 713. The maximum Gasteiger partial charge on any atom is 0.705 e. The van der Waals surface area contributed by atoms with Gasteiger partial charge in [-0.05, 0) is 61.6 Å². The maximum atomic E-state index is 11.5. The Labute approximate surface area is 192 Å². The molecule has 8 heteroatoms. The summed E-state index contributed by atoms with van der Waals surface area (Å²) >= 11 is 0. The molecule has 1 aromatic carbocycles. The Morgan fingerprint density at radius 3 is 1.88 bits per heavy atom. The molecule has 7 nitrogen and oxygen atoms in total. The zero-order valence-corrected chi connectivity index (χ0v) is 20.7. The summed E-state index contributed by atoms with van der Waals surface area (Å²) in [5.41, 5.74) is 1.36. The van der Waals surface area contributed by atoms with Crippen LogP contribution in [0, 0.1) is 5.92 Å². The van der Waals surface area contributed by atoms with E-state index >= 15 is 0 Å². The van der Waals surface area contributed by atoms with E-state index in [1.165, 1.54) is 64.9 Å². The molecule has 0 spiro atoms.